The van der Waals surface area contributed by atoms with Crippen molar-refractivity contribution in [1.29, 1.82) is 0 Å². The van der Waals surface area contributed by atoms with Crippen molar-refractivity contribution >= 4 is 43.0 Å². The van der Waals surface area contributed by atoms with Crippen LogP contribution in [0.5, 0.6) is 5.06 Å². The van der Waals surface area contributed by atoms with Crippen molar-refractivity contribution < 1.29 is 4.74 Å². The summed E-state index contributed by atoms with van der Waals surface area (Å²) in [5.74, 6) is 0. The number of thiophene rings is 1. The zero-order valence-corrected chi connectivity index (χ0v) is 10.1. The fourth-order valence-electron chi connectivity index (χ4n) is 1.28. The standard InChI is InChI=1S/C10H10BrNOS/c1-2-13-9-5-6-8(14-9)4-3-7(12)10(6)11/h3-5H,2,12H2,1H3. The van der Waals surface area contributed by atoms with Gasteiger partial charge in [0, 0.05) is 26.3 Å². The quantitative estimate of drug-likeness (QED) is 0.847. The molecular formula is C10H10BrNOS. The van der Waals surface area contributed by atoms with Crippen molar-refractivity contribution in [3.05, 3.63) is 22.7 Å². The molecule has 0 saturated heterocycles. The van der Waals surface area contributed by atoms with Gasteiger partial charge in [0.05, 0.1) is 6.61 Å². The normalized spacial score (nSPS) is 10.7. The fourth-order valence-corrected chi connectivity index (χ4v) is 2.85. The Kier molecular flexibility index (Phi) is 2.65. The monoisotopic (exact) mass is 271 g/mol. The molecule has 0 bridgehead atoms. The van der Waals surface area contributed by atoms with Gasteiger partial charge in [0.1, 0.15) is 0 Å². The predicted molar refractivity (Wildman–Crippen MR) is 65.1 cm³/mol. The lowest BCUT2D eigenvalue weighted by molar-refractivity contribution is 0.350. The van der Waals surface area contributed by atoms with Crippen molar-refractivity contribution in [1.82, 2.24) is 0 Å². The summed E-state index contributed by atoms with van der Waals surface area (Å²) in [5.41, 5.74) is 6.55. The molecule has 1 aromatic heterocycles. The van der Waals surface area contributed by atoms with E-state index in [1.165, 1.54) is 4.70 Å². The van der Waals surface area contributed by atoms with Gasteiger partial charge in [0.25, 0.3) is 0 Å². The molecule has 0 aliphatic rings. The molecule has 74 valence electrons. The summed E-state index contributed by atoms with van der Waals surface area (Å²) in [6.45, 7) is 2.67. The molecule has 0 aliphatic carbocycles. The van der Waals surface area contributed by atoms with E-state index in [1.54, 1.807) is 11.3 Å². The summed E-state index contributed by atoms with van der Waals surface area (Å²) in [4.78, 5) is 0. The van der Waals surface area contributed by atoms with E-state index in [0.29, 0.717) is 6.61 Å². The summed E-state index contributed by atoms with van der Waals surface area (Å²) >= 11 is 5.11. The highest BCUT2D eigenvalue weighted by Gasteiger charge is 2.07. The molecule has 0 atom stereocenters. The van der Waals surface area contributed by atoms with Crippen LogP contribution < -0.4 is 10.5 Å². The average molecular weight is 272 g/mol. The van der Waals surface area contributed by atoms with E-state index in [2.05, 4.69) is 15.9 Å². The number of hydrogen-bond donors (Lipinski definition) is 1. The van der Waals surface area contributed by atoms with Crippen LogP contribution in [0.4, 0.5) is 5.69 Å². The third-order valence-corrected chi connectivity index (χ3v) is 3.83. The average Bonchev–Trinajstić information content (AvgIpc) is 2.56. The summed E-state index contributed by atoms with van der Waals surface area (Å²) in [6.07, 6.45) is 0. The lowest BCUT2D eigenvalue weighted by Crippen LogP contribution is -1.87. The van der Waals surface area contributed by atoms with Crippen molar-refractivity contribution in [3.8, 4) is 5.06 Å². The molecule has 1 heterocycles. The van der Waals surface area contributed by atoms with Crippen LogP contribution in [0.25, 0.3) is 10.1 Å². The van der Waals surface area contributed by atoms with Gasteiger partial charge in [0.15, 0.2) is 5.06 Å². The molecule has 0 amide bonds. The first-order valence-electron chi connectivity index (χ1n) is 4.32. The SMILES string of the molecule is CCOc1cc2c(Br)c(N)ccc2s1. The van der Waals surface area contributed by atoms with Gasteiger partial charge < -0.3 is 10.5 Å². The minimum Gasteiger partial charge on any atom is -0.484 e. The minimum atomic E-state index is 0.694. The van der Waals surface area contributed by atoms with Crippen LogP contribution in [-0.4, -0.2) is 6.61 Å². The summed E-state index contributed by atoms with van der Waals surface area (Å²) in [5, 5.41) is 2.06. The molecule has 0 saturated carbocycles. The van der Waals surface area contributed by atoms with Gasteiger partial charge in [-0.1, -0.05) is 11.3 Å². The van der Waals surface area contributed by atoms with E-state index < -0.39 is 0 Å². The third-order valence-electron chi connectivity index (χ3n) is 1.93. The van der Waals surface area contributed by atoms with Gasteiger partial charge in [-0.25, -0.2) is 0 Å². The fraction of sp³-hybridized carbons (Fsp3) is 0.200. The first-order valence-corrected chi connectivity index (χ1v) is 5.93. The highest BCUT2D eigenvalue weighted by atomic mass is 79.9. The molecular weight excluding hydrogens is 262 g/mol. The van der Waals surface area contributed by atoms with Gasteiger partial charge in [-0.2, -0.15) is 0 Å². The molecule has 2 N–H and O–H groups in total. The van der Waals surface area contributed by atoms with E-state index in [9.17, 15) is 0 Å². The Labute approximate surface area is 94.8 Å². The number of halogens is 1. The summed E-state index contributed by atoms with van der Waals surface area (Å²) in [6, 6.07) is 5.94. The third kappa shape index (κ3) is 1.60. The van der Waals surface area contributed by atoms with Crippen molar-refractivity contribution in [2.24, 2.45) is 0 Å². The number of benzene rings is 1. The van der Waals surface area contributed by atoms with E-state index in [-0.39, 0.29) is 0 Å². The van der Waals surface area contributed by atoms with Crippen LogP contribution >= 0.6 is 27.3 Å². The van der Waals surface area contributed by atoms with E-state index in [0.717, 1.165) is 20.6 Å². The molecule has 2 aromatic rings. The zero-order chi connectivity index (χ0) is 10.1. The predicted octanol–water partition coefficient (Wildman–Crippen LogP) is 3.64. The summed E-state index contributed by atoms with van der Waals surface area (Å²) in [7, 11) is 0. The number of nitrogen functional groups attached to an aromatic ring is 1. The molecule has 0 spiro atoms. The van der Waals surface area contributed by atoms with Gasteiger partial charge in [-0.3, -0.25) is 0 Å². The first kappa shape index (κ1) is 9.80. The Hall–Kier alpha value is -0.740. The number of ether oxygens (including phenoxy) is 1. The molecule has 2 rings (SSSR count). The molecule has 0 fully saturated rings. The minimum absolute atomic E-state index is 0.694. The van der Waals surface area contributed by atoms with Crippen LogP contribution in [0.1, 0.15) is 6.92 Å². The first-order chi connectivity index (χ1) is 6.72. The maximum Gasteiger partial charge on any atom is 0.174 e. The van der Waals surface area contributed by atoms with Gasteiger partial charge >= 0.3 is 0 Å². The Morgan fingerprint density at radius 2 is 2.29 bits per heavy atom. The maximum atomic E-state index is 5.79. The van der Waals surface area contributed by atoms with Gasteiger partial charge in [0.2, 0.25) is 0 Å². The molecule has 1 aromatic carbocycles. The van der Waals surface area contributed by atoms with Crippen molar-refractivity contribution in [2.75, 3.05) is 12.3 Å². The molecule has 0 aliphatic heterocycles. The smallest absolute Gasteiger partial charge is 0.174 e. The highest BCUT2D eigenvalue weighted by molar-refractivity contribution is 9.10. The van der Waals surface area contributed by atoms with E-state index >= 15 is 0 Å². The van der Waals surface area contributed by atoms with Crippen LogP contribution in [0.2, 0.25) is 0 Å². The molecule has 14 heavy (non-hydrogen) atoms. The maximum absolute atomic E-state index is 5.79. The molecule has 2 nitrogen and oxygen atoms in total. The lowest BCUT2D eigenvalue weighted by atomic mass is 10.2. The largest absolute Gasteiger partial charge is 0.484 e. The topological polar surface area (TPSA) is 35.2 Å². The van der Waals surface area contributed by atoms with E-state index in [4.69, 9.17) is 10.5 Å². The Morgan fingerprint density at radius 1 is 1.50 bits per heavy atom. The highest BCUT2D eigenvalue weighted by Crippen LogP contribution is 2.38. The van der Waals surface area contributed by atoms with Crippen molar-refractivity contribution in [3.63, 3.8) is 0 Å². The lowest BCUT2D eigenvalue weighted by Gasteiger charge is -1.97. The second-order valence-electron chi connectivity index (χ2n) is 2.88. The van der Waals surface area contributed by atoms with Gasteiger partial charge in [-0.05, 0) is 35.0 Å². The van der Waals surface area contributed by atoms with Crippen LogP contribution in [0, 0.1) is 0 Å². The number of fused-ring (bicyclic) bond motifs is 1. The zero-order valence-electron chi connectivity index (χ0n) is 7.71. The second kappa shape index (κ2) is 3.79. The Bertz CT molecular complexity index is 466. The second-order valence-corrected chi connectivity index (χ2v) is 4.72. The van der Waals surface area contributed by atoms with Crippen molar-refractivity contribution in [2.45, 2.75) is 6.92 Å². The van der Waals surface area contributed by atoms with Crippen LogP contribution in [0.3, 0.4) is 0 Å². The van der Waals surface area contributed by atoms with Gasteiger partial charge in [-0.15, -0.1) is 0 Å². The number of nitrogens with two attached hydrogens (primary N) is 1. The number of rotatable bonds is 2. The summed E-state index contributed by atoms with van der Waals surface area (Å²) < 4.78 is 7.59. The molecule has 0 radical (unpaired) electrons. The number of hydrogen-bond acceptors (Lipinski definition) is 3. The van der Waals surface area contributed by atoms with Crippen LogP contribution in [-0.2, 0) is 0 Å². The molecule has 0 unspecified atom stereocenters. The van der Waals surface area contributed by atoms with Crippen LogP contribution in [0.15, 0.2) is 22.7 Å². The Balaban J connectivity index is 2.59. The van der Waals surface area contributed by atoms with E-state index in [1.807, 2.05) is 25.1 Å². The molecule has 4 heteroatoms. The number of anilines is 1. The Morgan fingerprint density at radius 3 is 3.00 bits per heavy atom.